The van der Waals surface area contributed by atoms with Crippen molar-refractivity contribution in [1.29, 1.82) is 0 Å². The first-order valence-electron chi connectivity index (χ1n) is 0.783. The Morgan fingerprint density at radius 1 is 1.33 bits per heavy atom. The second kappa shape index (κ2) is 3.86. The van der Waals surface area contributed by atoms with Crippen molar-refractivity contribution in [3.05, 3.63) is 0 Å². The molecule has 6 heteroatoms. The largest absolute Gasteiger partial charge is 2.00 e. The van der Waals surface area contributed by atoms with E-state index in [1.165, 1.54) is 0 Å². The molecule has 3 N–H and O–H groups in total. The predicted molar refractivity (Wildman–Crippen MR) is 28.0 cm³/mol. The van der Waals surface area contributed by atoms with Gasteiger partial charge in [0.1, 0.15) is 0 Å². The van der Waals surface area contributed by atoms with Crippen LogP contribution in [0.2, 0.25) is 0 Å². The minimum atomic E-state index is -4.29. The summed E-state index contributed by atoms with van der Waals surface area (Å²) < 4.78 is 22.9. The molecular weight excluding hydrogens is 195 g/mol. The van der Waals surface area contributed by atoms with Crippen molar-refractivity contribution in [3.63, 3.8) is 0 Å². The van der Waals surface area contributed by atoms with Crippen molar-refractivity contribution < 1.29 is 15.1 Å². The maximum atomic E-state index is 7.62. The van der Waals surface area contributed by atoms with Crippen LogP contribution < -0.4 is 0 Å². The Morgan fingerprint density at radius 2 is 1.33 bits per heavy atom. The average Bonchev–Trinajstić information content (AvgIpc) is 0.722. The van der Waals surface area contributed by atoms with Crippen LogP contribution in [0.25, 0.3) is 0 Å². The van der Waals surface area contributed by atoms with Crippen LogP contribution in [0, 0.1) is 0 Å². The van der Waals surface area contributed by atoms with E-state index in [0.717, 1.165) is 0 Å². The van der Waals surface area contributed by atoms with E-state index in [9.17, 15) is 0 Å². The van der Waals surface area contributed by atoms with E-state index in [2.05, 4.69) is 10.4 Å². The molecule has 0 radical (unpaired) electrons. The molecule has 0 unspecified atom stereocenters. The Morgan fingerprint density at radius 3 is 1.33 bits per heavy atom. The Balaban J connectivity index is -0.0000000267. The quantitative estimate of drug-likeness (QED) is 0.414. The van der Waals surface area contributed by atoms with Crippen molar-refractivity contribution in [1.82, 2.24) is 0 Å². The summed E-state index contributed by atoms with van der Waals surface area (Å²) in [5.74, 6) is 0. The molecule has 36 valence electrons. The summed E-state index contributed by atoms with van der Waals surface area (Å²) in [5, 5.41) is 0. The van der Waals surface area contributed by atoms with Gasteiger partial charge in [-0.05, 0) is 0 Å². The predicted octanol–water partition coefficient (Wildman–Crippen LogP) is -1.56. The third kappa shape index (κ3) is 38.9. The van der Waals surface area contributed by atoms with Crippen LogP contribution in [0.1, 0.15) is 2.85 Å². The van der Waals surface area contributed by atoms with E-state index < -0.39 is 12.9 Å². The van der Waals surface area contributed by atoms with Crippen LogP contribution in [-0.2, 0) is 0 Å². The first kappa shape index (κ1) is 10.8. The summed E-state index contributed by atoms with van der Waals surface area (Å²) in [5.41, 5.74) is 0. The molecule has 0 aromatic rings. The standard InChI is InChI=1S/AsH3O3S.Ca.2H/c2-1(3,4)5;;;/h(H3,2,3,4,5);;;/q;+2;2*-1. The second-order valence-corrected chi connectivity index (χ2v) is 5.21. The molecule has 0 aliphatic carbocycles. The van der Waals surface area contributed by atoms with Gasteiger partial charge in [-0.2, -0.15) is 0 Å². The molecule has 0 aliphatic rings. The van der Waals surface area contributed by atoms with Gasteiger partial charge in [-0.3, -0.25) is 0 Å². The molecule has 0 saturated heterocycles. The molecule has 0 aromatic carbocycles. The molecular formula is H5AsCaO3S. The van der Waals surface area contributed by atoms with E-state index in [0.29, 0.717) is 0 Å². The summed E-state index contributed by atoms with van der Waals surface area (Å²) in [6.45, 7) is 0. The molecule has 0 fully saturated rings. The van der Waals surface area contributed by atoms with E-state index in [1.807, 2.05) is 0 Å². The third-order valence-corrected chi connectivity index (χ3v) is 0. The molecule has 0 amide bonds. The Bertz CT molecular complexity index is 63.4. The van der Waals surface area contributed by atoms with Gasteiger partial charge in [0.25, 0.3) is 0 Å². The molecule has 0 aliphatic heterocycles. The molecule has 0 rings (SSSR count). The Labute approximate surface area is 75.2 Å². The first-order valence-corrected chi connectivity index (χ1v) is 5.96. The molecule has 3 nitrogen and oxygen atoms in total. The van der Waals surface area contributed by atoms with Gasteiger partial charge in [0.2, 0.25) is 0 Å². The molecule has 0 spiro atoms. The van der Waals surface area contributed by atoms with Gasteiger partial charge in [-0.1, -0.05) is 0 Å². The van der Waals surface area contributed by atoms with Crippen molar-refractivity contribution in [2.24, 2.45) is 0 Å². The van der Waals surface area contributed by atoms with Gasteiger partial charge in [0.05, 0.1) is 0 Å². The van der Waals surface area contributed by atoms with Crippen LogP contribution in [0.4, 0.5) is 0 Å². The molecule has 6 heavy (non-hydrogen) atoms. The first-order chi connectivity index (χ1) is 2.00. The van der Waals surface area contributed by atoms with Crippen LogP contribution in [0.5, 0.6) is 0 Å². The topological polar surface area (TPSA) is 60.7 Å². The Kier molecular flexibility index (Phi) is 6.97. The molecule has 0 saturated carbocycles. The van der Waals surface area contributed by atoms with Crippen molar-refractivity contribution >= 4 is 61.0 Å². The van der Waals surface area contributed by atoms with Crippen LogP contribution in [0.3, 0.4) is 0 Å². The molecule has 0 bridgehead atoms. The van der Waals surface area contributed by atoms with E-state index in [4.69, 9.17) is 12.3 Å². The van der Waals surface area contributed by atoms with E-state index in [-0.39, 0.29) is 40.6 Å². The van der Waals surface area contributed by atoms with Crippen LogP contribution in [-0.4, -0.2) is 62.9 Å². The molecule has 0 atom stereocenters. The van der Waals surface area contributed by atoms with Gasteiger partial charge >= 0.3 is 73.3 Å². The molecule has 0 aromatic heterocycles. The van der Waals surface area contributed by atoms with E-state index >= 15 is 0 Å². The summed E-state index contributed by atoms with van der Waals surface area (Å²) in [7, 11) is 3.66. The summed E-state index contributed by atoms with van der Waals surface area (Å²) in [4.78, 5) is 0. The number of rotatable bonds is 0. The number of hydrogen-bond acceptors (Lipinski definition) is 1. The summed E-state index contributed by atoms with van der Waals surface area (Å²) in [6, 6.07) is 0. The number of hydrogen-bond donors (Lipinski definition) is 3. The third-order valence-electron chi connectivity index (χ3n) is 0. The summed E-state index contributed by atoms with van der Waals surface area (Å²) in [6.07, 6.45) is 0. The maximum absolute atomic E-state index is 7.62. The van der Waals surface area contributed by atoms with Crippen molar-refractivity contribution in [2.45, 2.75) is 0 Å². The van der Waals surface area contributed by atoms with Gasteiger partial charge in [-0.25, -0.2) is 0 Å². The fourth-order valence-electron chi connectivity index (χ4n) is 0. The average molecular weight is 200 g/mol. The van der Waals surface area contributed by atoms with Gasteiger partial charge in [0.15, 0.2) is 0 Å². The zero-order valence-electron chi connectivity index (χ0n) is 4.90. The smallest absolute Gasteiger partial charge is 1.00 e. The van der Waals surface area contributed by atoms with Gasteiger partial charge in [0, 0.05) is 0 Å². The van der Waals surface area contributed by atoms with Crippen LogP contribution in [0.15, 0.2) is 0 Å². The Hall–Kier alpha value is 1.92. The fourth-order valence-corrected chi connectivity index (χ4v) is 0. The monoisotopic (exact) mass is 200 g/mol. The summed E-state index contributed by atoms with van der Waals surface area (Å²) >= 11 is -4.29. The zero-order chi connectivity index (χ0) is 4.50. The minimum absolute atomic E-state index is 0. The van der Waals surface area contributed by atoms with Crippen LogP contribution >= 0.6 is 10.4 Å². The van der Waals surface area contributed by atoms with Gasteiger partial charge in [-0.15, -0.1) is 0 Å². The molecule has 0 heterocycles. The SMILES string of the molecule is O[As](O)(O)=S.[Ca+2].[H-].[H-]. The minimum Gasteiger partial charge on any atom is -1.00 e. The second-order valence-electron chi connectivity index (χ2n) is 0.513. The van der Waals surface area contributed by atoms with Crippen molar-refractivity contribution in [3.8, 4) is 0 Å². The zero-order valence-corrected chi connectivity index (χ0v) is 7.81. The van der Waals surface area contributed by atoms with Gasteiger partial charge < -0.3 is 2.85 Å². The normalized spacial score (nSPS) is 9.83. The maximum Gasteiger partial charge on any atom is 2.00 e. The van der Waals surface area contributed by atoms with Crippen molar-refractivity contribution in [2.75, 3.05) is 0 Å². The fraction of sp³-hybridized carbons (Fsp3) is 0. The van der Waals surface area contributed by atoms with E-state index in [1.54, 1.807) is 0 Å².